The van der Waals surface area contributed by atoms with Crippen LogP contribution in [0.4, 0.5) is 10.1 Å². The Morgan fingerprint density at radius 1 is 0.926 bits per heavy atom. The van der Waals surface area contributed by atoms with Crippen LogP contribution in [0.1, 0.15) is 33.4 Å². The van der Waals surface area contributed by atoms with Crippen molar-refractivity contribution in [2.75, 3.05) is 5.32 Å². The number of nitrogens with one attached hydrogen (secondary N) is 2. The molecule has 3 rings (SSSR count). The average molecular weight is 365 g/mol. The van der Waals surface area contributed by atoms with E-state index in [0.29, 0.717) is 17.0 Å². The molecule has 0 aliphatic rings. The van der Waals surface area contributed by atoms with Crippen LogP contribution in [0.3, 0.4) is 0 Å². The number of benzene rings is 2. The number of furan rings is 1. The van der Waals surface area contributed by atoms with E-state index in [4.69, 9.17) is 4.42 Å². The van der Waals surface area contributed by atoms with Gasteiger partial charge in [0.25, 0.3) is 11.8 Å². The van der Waals surface area contributed by atoms with Crippen molar-refractivity contribution in [2.45, 2.75) is 6.92 Å². The quantitative estimate of drug-likeness (QED) is 0.532. The highest BCUT2D eigenvalue weighted by molar-refractivity contribution is 6.03. The van der Waals surface area contributed by atoms with E-state index in [1.165, 1.54) is 30.5 Å². The molecule has 0 saturated carbocycles. The fourth-order valence-electron chi connectivity index (χ4n) is 2.26. The van der Waals surface area contributed by atoms with Gasteiger partial charge in [0.05, 0.1) is 12.0 Å². The zero-order valence-electron chi connectivity index (χ0n) is 14.4. The van der Waals surface area contributed by atoms with Gasteiger partial charge < -0.3 is 9.73 Å². The second kappa shape index (κ2) is 8.09. The van der Waals surface area contributed by atoms with Crippen LogP contribution in [-0.2, 0) is 0 Å². The lowest BCUT2D eigenvalue weighted by Crippen LogP contribution is -2.19. The molecule has 0 aliphatic carbocycles. The Morgan fingerprint density at radius 3 is 2.22 bits per heavy atom. The molecule has 2 N–H and O–H groups in total. The largest absolute Gasteiger partial charge is 0.459 e. The summed E-state index contributed by atoms with van der Waals surface area (Å²) in [5.74, 6) is -0.966. The second-order valence-electron chi connectivity index (χ2n) is 5.65. The van der Waals surface area contributed by atoms with Crippen LogP contribution in [0, 0.1) is 5.82 Å². The lowest BCUT2D eigenvalue weighted by Gasteiger charge is -2.06. The van der Waals surface area contributed by atoms with Gasteiger partial charge in [-0.2, -0.15) is 5.10 Å². The second-order valence-corrected chi connectivity index (χ2v) is 5.65. The molecule has 0 unspecified atom stereocenters. The molecule has 136 valence electrons. The minimum Gasteiger partial charge on any atom is -0.459 e. The maximum atomic E-state index is 12.9. The van der Waals surface area contributed by atoms with Gasteiger partial charge in [0, 0.05) is 11.3 Å². The van der Waals surface area contributed by atoms with E-state index < -0.39 is 11.7 Å². The fourth-order valence-corrected chi connectivity index (χ4v) is 2.26. The average Bonchev–Trinajstić information content (AvgIpc) is 3.22. The third-order valence-corrected chi connectivity index (χ3v) is 3.74. The van der Waals surface area contributed by atoms with Crippen molar-refractivity contribution >= 4 is 23.2 Å². The molecule has 7 heteroatoms. The first-order chi connectivity index (χ1) is 13.0. The highest BCUT2D eigenvalue weighted by Crippen LogP contribution is 2.12. The lowest BCUT2D eigenvalue weighted by atomic mass is 10.1. The maximum absolute atomic E-state index is 12.9. The molecule has 2 amide bonds. The van der Waals surface area contributed by atoms with Crippen molar-refractivity contribution in [1.29, 1.82) is 0 Å². The van der Waals surface area contributed by atoms with Gasteiger partial charge in [0.2, 0.25) is 0 Å². The van der Waals surface area contributed by atoms with Gasteiger partial charge in [0.15, 0.2) is 5.76 Å². The van der Waals surface area contributed by atoms with Crippen molar-refractivity contribution in [3.63, 3.8) is 0 Å². The summed E-state index contributed by atoms with van der Waals surface area (Å²) in [6, 6.07) is 15.4. The predicted molar refractivity (Wildman–Crippen MR) is 99.2 cm³/mol. The van der Waals surface area contributed by atoms with Crippen LogP contribution in [0.25, 0.3) is 0 Å². The molecule has 3 aromatic rings. The van der Waals surface area contributed by atoms with E-state index in [2.05, 4.69) is 15.8 Å². The van der Waals surface area contributed by atoms with E-state index in [9.17, 15) is 14.0 Å². The summed E-state index contributed by atoms with van der Waals surface area (Å²) < 4.78 is 17.9. The molecule has 0 bridgehead atoms. The van der Waals surface area contributed by atoms with Crippen molar-refractivity contribution in [3.8, 4) is 0 Å². The summed E-state index contributed by atoms with van der Waals surface area (Å²) in [5.41, 5.74) is 4.68. The third-order valence-electron chi connectivity index (χ3n) is 3.74. The highest BCUT2D eigenvalue weighted by Gasteiger charge is 2.09. The number of hydrogen-bond donors (Lipinski definition) is 2. The molecule has 1 heterocycles. The van der Waals surface area contributed by atoms with Crippen molar-refractivity contribution in [2.24, 2.45) is 5.10 Å². The summed E-state index contributed by atoms with van der Waals surface area (Å²) >= 11 is 0. The summed E-state index contributed by atoms with van der Waals surface area (Å²) in [7, 11) is 0. The maximum Gasteiger partial charge on any atom is 0.291 e. The van der Waals surface area contributed by atoms with Gasteiger partial charge in [0.1, 0.15) is 5.82 Å². The van der Waals surface area contributed by atoms with Gasteiger partial charge in [-0.25, -0.2) is 9.82 Å². The first-order valence-corrected chi connectivity index (χ1v) is 8.08. The minimum absolute atomic E-state index is 0.223. The monoisotopic (exact) mass is 365 g/mol. The molecule has 0 aliphatic heterocycles. The van der Waals surface area contributed by atoms with Gasteiger partial charge >= 0.3 is 0 Å². The third kappa shape index (κ3) is 4.66. The summed E-state index contributed by atoms with van der Waals surface area (Å²) in [5, 5.41) is 6.76. The first kappa shape index (κ1) is 18.1. The number of hydrogen-bond acceptors (Lipinski definition) is 4. The van der Waals surface area contributed by atoms with E-state index in [1.807, 2.05) is 0 Å². The van der Waals surface area contributed by atoms with Gasteiger partial charge in [-0.1, -0.05) is 12.1 Å². The molecule has 1 aromatic heterocycles. The lowest BCUT2D eigenvalue weighted by molar-refractivity contribution is 0.0953. The molecule has 27 heavy (non-hydrogen) atoms. The Balaban J connectivity index is 1.62. The summed E-state index contributed by atoms with van der Waals surface area (Å²) in [4.78, 5) is 23.9. The number of rotatable bonds is 5. The van der Waals surface area contributed by atoms with Crippen LogP contribution < -0.4 is 10.7 Å². The number of carbonyl (C=O) groups is 2. The van der Waals surface area contributed by atoms with E-state index in [0.717, 1.165) is 5.56 Å². The van der Waals surface area contributed by atoms with Crippen LogP contribution in [0.2, 0.25) is 0 Å². The van der Waals surface area contributed by atoms with Gasteiger partial charge in [-0.05, 0) is 61.0 Å². The molecule has 0 saturated heterocycles. The first-order valence-electron chi connectivity index (χ1n) is 8.08. The molecule has 0 fully saturated rings. The van der Waals surface area contributed by atoms with Crippen LogP contribution in [0.15, 0.2) is 76.4 Å². The Bertz CT molecular complexity index is 963. The number of amides is 2. The fraction of sp³-hybridized carbons (Fsp3) is 0.0500. The molecule has 6 nitrogen and oxygen atoms in total. The summed E-state index contributed by atoms with van der Waals surface area (Å²) in [6.07, 6.45) is 1.43. The molecule has 0 atom stereocenters. The normalized spacial score (nSPS) is 11.1. The molecule has 0 spiro atoms. The van der Waals surface area contributed by atoms with Crippen LogP contribution in [-0.4, -0.2) is 17.5 Å². The zero-order valence-corrected chi connectivity index (χ0v) is 14.4. The number of halogens is 1. The van der Waals surface area contributed by atoms with Crippen molar-refractivity contribution < 1.29 is 18.4 Å². The van der Waals surface area contributed by atoms with Crippen LogP contribution >= 0.6 is 0 Å². The Kier molecular flexibility index (Phi) is 5.41. The van der Waals surface area contributed by atoms with E-state index in [1.54, 1.807) is 43.3 Å². The molecule has 2 aromatic carbocycles. The van der Waals surface area contributed by atoms with Gasteiger partial charge in [-0.3, -0.25) is 9.59 Å². The molecular formula is C20H16FN3O3. The van der Waals surface area contributed by atoms with E-state index >= 15 is 0 Å². The molecular weight excluding hydrogens is 349 g/mol. The SMILES string of the molecule is CC(=NNC(=O)c1ccc(F)cc1)c1ccc(NC(=O)c2ccco2)cc1. The Morgan fingerprint density at radius 2 is 1.59 bits per heavy atom. The summed E-state index contributed by atoms with van der Waals surface area (Å²) in [6.45, 7) is 1.74. The minimum atomic E-state index is -0.434. The zero-order chi connectivity index (χ0) is 19.2. The Hall–Kier alpha value is -3.74. The number of hydrazone groups is 1. The van der Waals surface area contributed by atoms with E-state index in [-0.39, 0.29) is 11.7 Å². The highest BCUT2D eigenvalue weighted by atomic mass is 19.1. The molecule has 0 radical (unpaired) electrons. The van der Waals surface area contributed by atoms with Gasteiger partial charge in [-0.15, -0.1) is 0 Å². The number of anilines is 1. The Labute approximate surface area is 154 Å². The van der Waals surface area contributed by atoms with Crippen molar-refractivity contribution in [1.82, 2.24) is 5.43 Å². The number of carbonyl (C=O) groups excluding carboxylic acids is 2. The smallest absolute Gasteiger partial charge is 0.291 e. The van der Waals surface area contributed by atoms with Crippen LogP contribution in [0.5, 0.6) is 0 Å². The number of nitrogens with zero attached hydrogens (tertiary/aromatic N) is 1. The standard InChI is InChI=1S/C20H16FN3O3/c1-13(23-24-19(25)15-4-8-16(21)9-5-15)14-6-10-17(11-7-14)22-20(26)18-3-2-12-27-18/h2-12H,1H3,(H,22,26)(H,24,25). The predicted octanol–water partition coefficient (Wildman–Crippen LogP) is 3.83. The topological polar surface area (TPSA) is 83.7 Å². The van der Waals surface area contributed by atoms with Crippen molar-refractivity contribution in [3.05, 3.63) is 89.6 Å².